The SMILES string of the molecule is CCCCC(CCC)NCc1ccc2c(c1)OCCO2. The third-order valence-electron chi connectivity index (χ3n) is 3.74. The lowest BCUT2D eigenvalue weighted by atomic mass is 10.0. The first kappa shape index (κ1) is 15.2. The lowest BCUT2D eigenvalue weighted by Gasteiger charge is -2.21. The number of nitrogens with one attached hydrogen (secondary N) is 1. The van der Waals surface area contributed by atoms with E-state index in [-0.39, 0.29) is 0 Å². The molecule has 0 spiro atoms. The second kappa shape index (κ2) is 8.15. The van der Waals surface area contributed by atoms with Gasteiger partial charge in [0.05, 0.1) is 0 Å². The molecule has 1 aromatic rings. The van der Waals surface area contributed by atoms with E-state index in [1.54, 1.807) is 0 Å². The Hall–Kier alpha value is -1.22. The van der Waals surface area contributed by atoms with E-state index in [1.165, 1.54) is 37.7 Å². The standard InChI is InChI=1S/C17H27NO2/c1-3-5-7-15(6-4-2)18-13-14-8-9-16-17(12-14)20-11-10-19-16/h8-9,12,15,18H,3-7,10-11,13H2,1-2H3. The zero-order chi connectivity index (χ0) is 14.2. The van der Waals surface area contributed by atoms with E-state index in [2.05, 4.69) is 31.3 Å². The molecule has 0 radical (unpaired) electrons. The molecule has 1 aliphatic heterocycles. The highest BCUT2D eigenvalue weighted by Crippen LogP contribution is 2.30. The van der Waals surface area contributed by atoms with E-state index in [0.717, 1.165) is 18.0 Å². The van der Waals surface area contributed by atoms with Gasteiger partial charge in [0.15, 0.2) is 11.5 Å². The molecule has 0 aromatic heterocycles. The molecule has 3 nitrogen and oxygen atoms in total. The van der Waals surface area contributed by atoms with E-state index in [0.29, 0.717) is 19.3 Å². The average molecular weight is 277 g/mol. The Balaban J connectivity index is 1.88. The van der Waals surface area contributed by atoms with Crippen molar-refractivity contribution in [2.45, 2.75) is 58.5 Å². The van der Waals surface area contributed by atoms with Crippen LogP contribution in [0.4, 0.5) is 0 Å². The summed E-state index contributed by atoms with van der Waals surface area (Å²) in [5, 5.41) is 3.68. The minimum absolute atomic E-state index is 0.633. The van der Waals surface area contributed by atoms with Gasteiger partial charge in [-0.25, -0.2) is 0 Å². The van der Waals surface area contributed by atoms with Crippen LogP contribution in [0.5, 0.6) is 11.5 Å². The van der Waals surface area contributed by atoms with Crippen LogP contribution in [-0.4, -0.2) is 19.3 Å². The van der Waals surface area contributed by atoms with Crippen LogP contribution >= 0.6 is 0 Å². The van der Waals surface area contributed by atoms with Gasteiger partial charge in [-0.2, -0.15) is 0 Å². The highest BCUT2D eigenvalue weighted by atomic mass is 16.6. The molecular weight excluding hydrogens is 250 g/mol. The van der Waals surface area contributed by atoms with Crippen LogP contribution in [0, 0.1) is 0 Å². The summed E-state index contributed by atoms with van der Waals surface area (Å²) in [7, 11) is 0. The summed E-state index contributed by atoms with van der Waals surface area (Å²) < 4.78 is 11.2. The van der Waals surface area contributed by atoms with Gasteiger partial charge in [0, 0.05) is 12.6 Å². The first-order chi connectivity index (χ1) is 9.83. The first-order valence-electron chi connectivity index (χ1n) is 7.95. The van der Waals surface area contributed by atoms with Crippen LogP contribution in [-0.2, 0) is 6.54 Å². The quantitative estimate of drug-likeness (QED) is 0.781. The zero-order valence-corrected chi connectivity index (χ0v) is 12.8. The normalized spacial score (nSPS) is 15.1. The fourth-order valence-electron chi connectivity index (χ4n) is 2.61. The number of ether oxygens (including phenoxy) is 2. The largest absolute Gasteiger partial charge is 0.486 e. The van der Waals surface area contributed by atoms with Crippen LogP contribution in [0.1, 0.15) is 51.5 Å². The molecule has 112 valence electrons. The van der Waals surface area contributed by atoms with Crippen LogP contribution in [0.3, 0.4) is 0 Å². The van der Waals surface area contributed by atoms with Gasteiger partial charge < -0.3 is 14.8 Å². The van der Waals surface area contributed by atoms with Gasteiger partial charge in [0.1, 0.15) is 13.2 Å². The maximum absolute atomic E-state index is 5.63. The highest BCUT2D eigenvalue weighted by molar-refractivity contribution is 5.43. The predicted molar refractivity (Wildman–Crippen MR) is 82.5 cm³/mol. The maximum Gasteiger partial charge on any atom is 0.161 e. The molecule has 1 aromatic carbocycles. The number of rotatable bonds is 8. The molecule has 1 heterocycles. The molecule has 1 unspecified atom stereocenters. The predicted octanol–water partition coefficient (Wildman–Crippen LogP) is 3.91. The molecule has 0 amide bonds. The second-order valence-electron chi connectivity index (χ2n) is 5.49. The smallest absolute Gasteiger partial charge is 0.161 e. The van der Waals surface area contributed by atoms with Gasteiger partial charge in [0.25, 0.3) is 0 Å². The van der Waals surface area contributed by atoms with Crippen molar-refractivity contribution in [1.29, 1.82) is 0 Å². The van der Waals surface area contributed by atoms with Crippen molar-refractivity contribution in [3.8, 4) is 11.5 Å². The average Bonchev–Trinajstić information content (AvgIpc) is 2.50. The molecule has 1 atom stereocenters. The lowest BCUT2D eigenvalue weighted by Crippen LogP contribution is -2.28. The summed E-state index contributed by atoms with van der Waals surface area (Å²) in [6.45, 7) is 6.72. The van der Waals surface area contributed by atoms with Crippen molar-refractivity contribution in [1.82, 2.24) is 5.32 Å². The summed E-state index contributed by atoms with van der Waals surface area (Å²) in [5.74, 6) is 1.76. The third-order valence-corrected chi connectivity index (χ3v) is 3.74. The summed E-state index contributed by atoms with van der Waals surface area (Å²) in [6.07, 6.45) is 6.34. The third kappa shape index (κ3) is 4.41. The maximum atomic E-state index is 5.63. The van der Waals surface area contributed by atoms with Crippen molar-refractivity contribution >= 4 is 0 Å². The van der Waals surface area contributed by atoms with Crippen molar-refractivity contribution in [2.75, 3.05) is 13.2 Å². The van der Waals surface area contributed by atoms with E-state index >= 15 is 0 Å². The molecule has 2 rings (SSSR count). The molecule has 0 saturated heterocycles. The Bertz CT molecular complexity index is 406. The minimum atomic E-state index is 0.633. The van der Waals surface area contributed by atoms with Crippen LogP contribution in [0.25, 0.3) is 0 Å². The fraction of sp³-hybridized carbons (Fsp3) is 0.647. The number of hydrogen-bond donors (Lipinski definition) is 1. The molecular formula is C17H27NO2. The van der Waals surface area contributed by atoms with Gasteiger partial charge in [-0.05, 0) is 30.5 Å². The van der Waals surface area contributed by atoms with Crippen LogP contribution in [0.15, 0.2) is 18.2 Å². The van der Waals surface area contributed by atoms with Gasteiger partial charge in [-0.3, -0.25) is 0 Å². The number of benzene rings is 1. The van der Waals surface area contributed by atoms with Gasteiger partial charge >= 0.3 is 0 Å². The lowest BCUT2D eigenvalue weighted by molar-refractivity contribution is 0.171. The minimum Gasteiger partial charge on any atom is -0.486 e. The van der Waals surface area contributed by atoms with Gasteiger partial charge in [-0.15, -0.1) is 0 Å². The van der Waals surface area contributed by atoms with Crippen LogP contribution in [0.2, 0.25) is 0 Å². The van der Waals surface area contributed by atoms with E-state index in [1.807, 2.05) is 6.07 Å². The van der Waals surface area contributed by atoms with Crippen molar-refractivity contribution in [2.24, 2.45) is 0 Å². The number of fused-ring (bicyclic) bond motifs is 1. The molecule has 0 saturated carbocycles. The topological polar surface area (TPSA) is 30.5 Å². The summed E-state index contributed by atoms with van der Waals surface area (Å²) in [4.78, 5) is 0. The first-order valence-corrected chi connectivity index (χ1v) is 7.95. The second-order valence-corrected chi connectivity index (χ2v) is 5.49. The Morgan fingerprint density at radius 1 is 1.05 bits per heavy atom. The summed E-state index contributed by atoms with van der Waals surface area (Å²) in [6, 6.07) is 6.88. The Morgan fingerprint density at radius 3 is 2.60 bits per heavy atom. The Morgan fingerprint density at radius 2 is 1.85 bits per heavy atom. The highest BCUT2D eigenvalue weighted by Gasteiger charge is 2.12. The van der Waals surface area contributed by atoms with Crippen molar-refractivity contribution in [3.63, 3.8) is 0 Å². The van der Waals surface area contributed by atoms with E-state index in [9.17, 15) is 0 Å². The zero-order valence-electron chi connectivity index (χ0n) is 12.8. The molecule has 20 heavy (non-hydrogen) atoms. The molecule has 0 aliphatic carbocycles. The Labute approximate surface area is 122 Å². The van der Waals surface area contributed by atoms with E-state index in [4.69, 9.17) is 9.47 Å². The summed E-state index contributed by atoms with van der Waals surface area (Å²) >= 11 is 0. The Kier molecular flexibility index (Phi) is 6.19. The van der Waals surface area contributed by atoms with Gasteiger partial charge in [-0.1, -0.05) is 39.2 Å². The number of hydrogen-bond acceptors (Lipinski definition) is 3. The number of unbranched alkanes of at least 4 members (excludes halogenated alkanes) is 1. The monoisotopic (exact) mass is 277 g/mol. The fourth-order valence-corrected chi connectivity index (χ4v) is 2.61. The van der Waals surface area contributed by atoms with Gasteiger partial charge in [0.2, 0.25) is 0 Å². The van der Waals surface area contributed by atoms with E-state index < -0.39 is 0 Å². The molecule has 1 aliphatic rings. The summed E-state index contributed by atoms with van der Waals surface area (Å²) in [5.41, 5.74) is 1.27. The van der Waals surface area contributed by atoms with Crippen molar-refractivity contribution < 1.29 is 9.47 Å². The molecule has 3 heteroatoms. The van der Waals surface area contributed by atoms with Crippen LogP contribution < -0.4 is 14.8 Å². The van der Waals surface area contributed by atoms with Crippen molar-refractivity contribution in [3.05, 3.63) is 23.8 Å². The molecule has 0 bridgehead atoms. The molecule has 1 N–H and O–H groups in total. The molecule has 0 fully saturated rings.